The molecule has 0 amide bonds. The third kappa shape index (κ3) is 3.19. The Morgan fingerprint density at radius 2 is 2.07 bits per heavy atom. The van der Waals surface area contributed by atoms with E-state index in [1.807, 2.05) is 6.07 Å². The molecule has 0 unspecified atom stereocenters. The fourth-order valence-corrected chi connectivity index (χ4v) is 3.35. The molecule has 0 aliphatic heterocycles. The number of para-hydroxylation sites is 1. The number of pyridine rings is 1. The molecule has 0 bridgehead atoms. The second-order valence-corrected chi connectivity index (χ2v) is 7.14. The lowest BCUT2D eigenvalue weighted by molar-refractivity contribution is -0.858. The predicted molar refractivity (Wildman–Crippen MR) is 110 cm³/mol. The molecule has 29 heavy (non-hydrogen) atoms. The summed E-state index contributed by atoms with van der Waals surface area (Å²) in [7, 11) is 4.15. The van der Waals surface area contributed by atoms with Gasteiger partial charge in [-0.25, -0.2) is 9.97 Å². The first kappa shape index (κ1) is 18.6. The maximum Gasteiger partial charge on any atom is 0.266 e. The van der Waals surface area contributed by atoms with E-state index in [4.69, 9.17) is 0 Å². The molecule has 0 aliphatic rings. The molecule has 0 saturated heterocycles. The minimum Gasteiger partial charge on any atom is -0.354 e. The van der Waals surface area contributed by atoms with Crippen molar-refractivity contribution in [3.05, 3.63) is 56.6 Å². The van der Waals surface area contributed by atoms with Crippen LogP contribution < -0.4 is 21.2 Å². The average Bonchev–Trinajstić information content (AvgIpc) is 2.71. The number of nitrogens with one attached hydrogen (secondary N) is 3. The van der Waals surface area contributed by atoms with E-state index >= 15 is 0 Å². The first-order chi connectivity index (χ1) is 14.0. The molecule has 0 radical (unpaired) electrons. The van der Waals surface area contributed by atoms with Crippen LogP contribution in [0.2, 0.25) is 0 Å². The van der Waals surface area contributed by atoms with Crippen LogP contribution in [0.1, 0.15) is 12.0 Å². The Bertz CT molecular complexity index is 1400. The summed E-state index contributed by atoms with van der Waals surface area (Å²) in [4.78, 5) is 39.0. The molecule has 9 nitrogen and oxygen atoms in total. The van der Waals surface area contributed by atoms with Crippen molar-refractivity contribution in [3.8, 4) is 6.07 Å². The maximum atomic E-state index is 13.1. The molecular formula is C20H20N7O2+. The standard InChI is InChI=1S/C20H19N7O2/c1-26(2)9-5-8-22-20-23-11-15-16(25-20)17(28)13(10-21)18-24-14-7-4-3-6-12(14)19(29)27(15)18/h3-4,6-7,11,24H,5,8-9H2,1-2H3,(H,22,23,25)/p+1. The van der Waals surface area contributed by atoms with Crippen LogP contribution in [0.25, 0.3) is 27.6 Å². The second-order valence-electron chi connectivity index (χ2n) is 7.14. The quantitative estimate of drug-likeness (QED) is 0.249. The minimum absolute atomic E-state index is 0.0376. The van der Waals surface area contributed by atoms with Gasteiger partial charge in [0, 0.05) is 13.0 Å². The zero-order valence-corrected chi connectivity index (χ0v) is 16.1. The molecule has 9 heteroatoms. The molecule has 0 saturated carbocycles. The van der Waals surface area contributed by atoms with Gasteiger partial charge in [-0.15, -0.1) is 0 Å². The van der Waals surface area contributed by atoms with Crippen LogP contribution >= 0.6 is 0 Å². The molecule has 146 valence electrons. The molecule has 0 spiro atoms. The highest BCUT2D eigenvalue weighted by atomic mass is 16.1. The summed E-state index contributed by atoms with van der Waals surface area (Å²) < 4.78 is 1.30. The van der Waals surface area contributed by atoms with E-state index in [9.17, 15) is 14.9 Å². The number of nitrogens with zero attached hydrogens (tertiary/aromatic N) is 4. The highest BCUT2D eigenvalue weighted by Crippen LogP contribution is 2.16. The summed E-state index contributed by atoms with van der Waals surface area (Å²) in [6.07, 6.45) is 2.36. The molecule has 3 aromatic heterocycles. The van der Waals surface area contributed by atoms with Crippen LogP contribution in [0.4, 0.5) is 5.95 Å². The molecular weight excluding hydrogens is 370 g/mol. The average molecular weight is 390 g/mol. The number of hydrogen-bond acceptors (Lipinski definition) is 6. The molecule has 3 N–H and O–H groups in total. The van der Waals surface area contributed by atoms with E-state index in [2.05, 4.69) is 34.4 Å². The molecule has 0 atom stereocenters. The van der Waals surface area contributed by atoms with Crippen molar-refractivity contribution >= 4 is 33.5 Å². The lowest BCUT2D eigenvalue weighted by Gasteiger charge is -2.11. The number of nitriles is 1. The zero-order chi connectivity index (χ0) is 20.5. The van der Waals surface area contributed by atoms with E-state index < -0.39 is 5.43 Å². The van der Waals surface area contributed by atoms with Gasteiger partial charge in [-0.3, -0.25) is 14.0 Å². The monoisotopic (exact) mass is 390 g/mol. The lowest BCUT2D eigenvalue weighted by Crippen LogP contribution is -3.05. The van der Waals surface area contributed by atoms with Gasteiger partial charge in [0.1, 0.15) is 22.8 Å². The van der Waals surface area contributed by atoms with Crippen molar-refractivity contribution in [2.24, 2.45) is 0 Å². The maximum absolute atomic E-state index is 13.1. The number of aromatic amines is 1. The van der Waals surface area contributed by atoms with Gasteiger partial charge in [-0.2, -0.15) is 5.26 Å². The van der Waals surface area contributed by atoms with Gasteiger partial charge in [-0.05, 0) is 12.1 Å². The van der Waals surface area contributed by atoms with Crippen LogP contribution in [-0.2, 0) is 0 Å². The number of aromatic nitrogens is 4. The number of H-pyrrole nitrogens is 1. The summed E-state index contributed by atoms with van der Waals surface area (Å²) in [5, 5.41) is 13.1. The van der Waals surface area contributed by atoms with Crippen molar-refractivity contribution in [3.63, 3.8) is 0 Å². The normalized spacial score (nSPS) is 11.4. The van der Waals surface area contributed by atoms with Gasteiger partial charge in [0.05, 0.1) is 43.3 Å². The van der Waals surface area contributed by atoms with Crippen LogP contribution in [0.15, 0.2) is 40.1 Å². The van der Waals surface area contributed by atoms with E-state index in [-0.39, 0.29) is 27.8 Å². The summed E-state index contributed by atoms with van der Waals surface area (Å²) in [6.45, 7) is 1.64. The number of hydrogen-bond donors (Lipinski definition) is 3. The fourth-order valence-electron chi connectivity index (χ4n) is 3.35. The first-order valence-electron chi connectivity index (χ1n) is 9.30. The Hall–Kier alpha value is -3.77. The third-order valence-electron chi connectivity index (χ3n) is 4.78. The highest BCUT2D eigenvalue weighted by Gasteiger charge is 2.18. The van der Waals surface area contributed by atoms with Crippen LogP contribution in [0.3, 0.4) is 0 Å². The van der Waals surface area contributed by atoms with Gasteiger partial charge in [0.15, 0.2) is 0 Å². The van der Waals surface area contributed by atoms with Crippen molar-refractivity contribution in [1.82, 2.24) is 19.4 Å². The van der Waals surface area contributed by atoms with Crippen LogP contribution in [-0.4, -0.2) is 46.5 Å². The smallest absolute Gasteiger partial charge is 0.266 e. The Morgan fingerprint density at radius 1 is 1.28 bits per heavy atom. The molecule has 4 rings (SSSR count). The Labute approximate surface area is 165 Å². The van der Waals surface area contributed by atoms with Crippen molar-refractivity contribution < 1.29 is 4.90 Å². The molecule has 3 heterocycles. The second kappa shape index (κ2) is 7.33. The van der Waals surface area contributed by atoms with Gasteiger partial charge < -0.3 is 15.2 Å². The Morgan fingerprint density at radius 3 is 2.83 bits per heavy atom. The summed E-state index contributed by atoms with van der Waals surface area (Å²) in [5.41, 5.74) is -0.0243. The zero-order valence-electron chi connectivity index (χ0n) is 16.1. The summed E-state index contributed by atoms with van der Waals surface area (Å²) >= 11 is 0. The van der Waals surface area contributed by atoms with Gasteiger partial charge in [0.25, 0.3) is 5.56 Å². The van der Waals surface area contributed by atoms with E-state index in [1.165, 1.54) is 15.5 Å². The minimum atomic E-state index is -0.531. The third-order valence-corrected chi connectivity index (χ3v) is 4.78. The van der Waals surface area contributed by atoms with Crippen molar-refractivity contribution in [1.29, 1.82) is 5.26 Å². The summed E-state index contributed by atoms with van der Waals surface area (Å²) in [6, 6.07) is 8.87. The van der Waals surface area contributed by atoms with E-state index in [0.29, 0.717) is 23.4 Å². The van der Waals surface area contributed by atoms with Gasteiger partial charge in [0.2, 0.25) is 11.4 Å². The number of benzene rings is 1. The Kier molecular flexibility index (Phi) is 4.70. The highest BCUT2D eigenvalue weighted by molar-refractivity contribution is 5.86. The number of rotatable bonds is 5. The molecule has 4 aromatic rings. The first-order valence-corrected chi connectivity index (χ1v) is 9.30. The van der Waals surface area contributed by atoms with Crippen molar-refractivity contribution in [2.45, 2.75) is 6.42 Å². The van der Waals surface area contributed by atoms with E-state index in [1.54, 1.807) is 24.3 Å². The fraction of sp³-hybridized carbons (Fsp3) is 0.250. The lowest BCUT2D eigenvalue weighted by atomic mass is 10.2. The number of anilines is 1. The topological polar surface area (TPSA) is 120 Å². The largest absolute Gasteiger partial charge is 0.354 e. The van der Waals surface area contributed by atoms with Crippen LogP contribution in [0, 0.1) is 11.3 Å². The molecule has 0 aliphatic carbocycles. The molecule has 1 aromatic carbocycles. The van der Waals surface area contributed by atoms with Crippen LogP contribution in [0.5, 0.6) is 0 Å². The van der Waals surface area contributed by atoms with Crippen molar-refractivity contribution in [2.75, 3.05) is 32.5 Å². The molecule has 0 fully saturated rings. The SMILES string of the molecule is C[NH+](C)CCCNc1ncc2c(n1)c(=O)c(C#N)c1[nH]c3ccccc3c(=O)n12. The number of quaternary nitrogens is 1. The number of fused-ring (bicyclic) bond motifs is 4. The van der Waals surface area contributed by atoms with Gasteiger partial charge in [-0.1, -0.05) is 12.1 Å². The van der Waals surface area contributed by atoms with Gasteiger partial charge >= 0.3 is 0 Å². The predicted octanol–water partition coefficient (Wildman–Crippen LogP) is -0.0976. The summed E-state index contributed by atoms with van der Waals surface area (Å²) in [5.74, 6) is 0.296. The Balaban J connectivity index is 1.94. The van der Waals surface area contributed by atoms with E-state index in [0.717, 1.165) is 13.0 Å².